The first-order chi connectivity index (χ1) is 38.2. The molecule has 0 fully saturated rings. The number of ether oxygens (including phenoxy) is 1. The predicted molar refractivity (Wildman–Crippen MR) is 318 cm³/mol. The van der Waals surface area contributed by atoms with E-state index in [1.165, 1.54) is 87.5 Å². The minimum atomic E-state index is -2.82. The van der Waals surface area contributed by atoms with E-state index in [4.69, 9.17) is 4.74 Å². The Labute approximate surface area is 450 Å². The second kappa shape index (κ2) is 16.7. The number of fused-ring (bicyclic) bond motifs is 15. The van der Waals surface area contributed by atoms with E-state index >= 15 is 0 Å². The summed E-state index contributed by atoms with van der Waals surface area (Å²) >= 11 is 0. The van der Waals surface area contributed by atoms with Crippen LogP contribution in [-0.4, -0.2) is 8.07 Å². The SMILES string of the molecule is c1ccc(C2(c3ccccc3)c3ccccc3Oc3ccc(N(c4cccc(C5(c6ccccc6)c6ccccc6-c6ccccc65)c4)c4ccc5c(c4)[Si]4(c6ccccc6-c6ccccc64)c4ccccc4-5)cc32)cc1. The van der Waals surface area contributed by atoms with Crippen LogP contribution < -0.4 is 30.4 Å². The molecule has 1 aliphatic carbocycles. The zero-order valence-electron chi connectivity index (χ0n) is 42.1. The Bertz CT molecular complexity index is 4190. The smallest absolute Gasteiger partial charge is 0.182 e. The van der Waals surface area contributed by atoms with Gasteiger partial charge in [0.05, 0.1) is 10.8 Å². The molecule has 0 saturated carbocycles. The normalized spacial score (nSPS) is 14.6. The van der Waals surface area contributed by atoms with Crippen LogP contribution in [0.1, 0.15) is 44.5 Å². The van der Waals surface area contributed by atoms with Gasteiger partial charge in [0.15, 0.2) is 8.07 Å². The minimum Gasteiger partial charge on any atom is -0.457 e. The molecule has 0 saturated heterocycles. The monoisotopic (exact) mass is 995 g/mol. The van der Waals surface area contributed by atoms with Gasteiger partial charge in [-0.05, 0) is 136 Å². The van der Waals surface area contributed by atoms with Gasteiger partial charge in [-0.15, -0.1) is 0 Å². The molecular weight excluding hydrogens is 947 g/mol. The second-order valence-electron chi connectivity index (χ2n) is 21.0. The van der Waals surface area contributed by atoms with Crippen LogP contribution >= 0.6 is 0 Å². The molecule has 1 spiro atoms. The fraction of sp³-hybridized carbons (Fsp3) is 0.0270. The molecule has 3 heterocycles. The Morgan fingerprint density at radius 2 is 0.636 bits per heavy atom. The van der Waals surface area contributed by atoms with Crippen LogP contribution in [0.25, 0.3) is 33.4 Å². The highest BCUT2D eigenvalue weighted by Gasteiger charge is 2.54. The third-order valence-electron chi connectivity index (χ3n) is 17.5. The largest absolute Gasteiger partial charge is 0.457 e. The van der Waals surface area contributed by atoms with Gasteiger partial charge in [-0.25, -0.2) is 0 Å². The van der Waals surface area contributed by atoms with Crippen LogP contribution in [-0.2, 0) is 10.8 Å². The summed E-state index contributed by atoms with van der Waals surface area (Å²) in [5, 5.41) is 5.80. The predicted octanol–water partition coefficient (Wildman–Crippen LogP) is 15.3. The highest BCUT2D eigenvalue weighted by atomic mass is 28.3. The number of hydrogen-bond donors (Lipinski definition) is 0. The van der Waals surface area contributed by atoms with Crippen molar-refractivity contribution in [1.29, 1.82) is 0 Å². The van der Waals surface area contributed by atoms with Crippen molar-refractivity contribution < 1.29 is 4.74 Å². The average molecular weight is 996 g/mol. The van der Waals surface area contributed by atoms with Crippen LogP contribution in [0.3, 0.4) is 0 Å². The molecule has 4 aliphatic rings. The summed E-state index contributed by atoms with van der Waals surface area (Å²) in [5.74, 6) is 1.70. The van der Waals surface area contributed by atoms with Crippen LogP contribution in [0.2, 0.25) is 0 Å². The summed E-state index contributed by atoms with van der Waals surface area (Å²) in [6.45, 7) is 0. The van der Waals surface area contributed by atoms with E-state index in [1.54, 1.807) is 0 Å². The van der Waals surface area contributed by atoms with E-state index in [-0.39, 0.29) is 0 Å². The van der Waals surface area contributed by atoms with Gasteiger partial charge >= 0.3 is 0 Å². The third-order valence-corrected chi connectivity index (χ3v) is 22.4. The zero-order chi connectivity index (χ0) is 50.7. The molecule has 3 aliphatic heterocycles. The maximum absolute atomic E-state index is 7.05. The van der Waals surface area contributed by atoms with E-state index in [0.717, 1.165) is 39.7 Å². The lowest BCUT2D eigenvalue weighted by Gasteiger charge is -2.42. The number of hydrogen-bond acceptors (Lipinski definition) is 2. The molecule has 12 aromatic carbocycles. The Morgan fingerprint density at radius 3 is 1.19 bits per heavy atom. The Morgan fingerprint density at radius 1 is 0.247 bits per heavy atom. The van der Waals surface area contributed by atoms with E-state index in [9.17, 15) is 0 Å². The lowest BCUT2D eigenvalue weighted by Crippen LogP contribution is -2.70. The maximum atomic E-state index is 7.05. The fourth-order valence-corrected chi connectivity index (χ4v) is 20.2. The Balaban J connectivity index is 0.995. The van der Waals surface area contributed by atoms with Crippen molar-refractivity contribution in [2.45, 2.75) is 10.8 Å². The highest BCUT2D eigenvalue weighted by molar-refractivity contribution is 7.24. The van der Waals surface area contributed by atoms with Crippen molar-refractivity contribution in [2.24, 2.45) is 0 Å². The van der Waals surface area contributed by atoms with Crippen molar-refractivity contribution in [2.75, 3.05) is 4.90 Å². The summed E-state index contributed by atoms with van der Waals surface area (Å²) < 4.78 is 7.05. The van der Waals surface area contributed by atoms with Gasteiger partial charge in [0.25, 0.3) is 0 Å². The summed E-state index contributed by atoms with van der Waals surface area (Å²) in [6.07, 6.45) is 0. The highest BCUT2D eigenvalue weighted by Crippen LogP contribution is 2.59. The second-order valence-corrected chi connectivity index (χ2v) is 24.6. The van der Waals surface area contributed by atoms with Gasteiger partial charge in [0, 0.05) is 28.2 Å². The van der Waals surface area contributed by atoms with Crippen molar-refractivity contribution in [3.63, 3.8) is 0 Å². The van der Waals surface area contributed by atoms with Crippen molar-refractivity contribution in [1.82, 2.24) is 0 Å². The first-order valence-corrected chi connectivity index (χ1v) is 28.8. The Kier molecular flexibility index (Phi) is 9.52. The van der Waals surface area contributed by atoms with Crippen LogP contribution in [0.15, 0.2) is 297 Å². The zero-order valence-corrected chi connectivity index (χ0v) is 43.1. The molecule has 0 unspecified atom stereocenters. The number of rotatable bonds is 7. The molecule has 16 rings (SSSR count). The van der Waals surface area contributed by atoms with Crippen LogP contribution in [0.5, 0.6) is 11.5 Å². The summed E-state index contributed by atoms with van der Waals surface area (Å²) in [4.78, 5) is 2.54. The van der Waals surface area contributed by atoms with Crippen molar-refractivity contribution >= 4 is 45.9 Å². The van der Waals surface area contributed by atoms with E-state index in [2.05, 4.69) is 302 Å². The first-order valence-electron chi connectivity index (χ1n) is 26.8. The molecule has 0 aromatic heterocycles. The van der Waals surface area contributed by atoms with E-state index in [0.29, 0.717) is 0 Å². The number of nitrogens with zero attached hydrogens (tertiary/aromatic N) is 1. The molecule has 0 amide bonds. The van der Waals surface area contributed by atoms with Gasteiger partial charge in [-0.2, -0.15) is 0 Å². The minimum absolute atomic E-state index is 0.590. The molecule has 3 heteroatoms. The average Bonchev–Trinajstić information content (AvgIpc) is 4.30. The Hall–Kier alpha value is -9.54. The number of anilines is 3. The van der Waals surface area contributed by atoms with E-state index < -0.39 is 18.9 Å². The number of para-hydroxylation sites is 1. The van der Waals surface area contributed by atoms with Gasteiger partial charge in [-0.3, -0.25) is 0 Å². The summed E-state index contributed by atoms with van der Waals surface area (Å²) in [5.41, 5.74) is 19.4. The van der Waals surface area contributed by atoms with Gasteiger partial charge in [-0.1, -0.05) is 249 Å². The topological polar surface area (TPSA) is 12.5 Å². The van der Waals surface area contributed by atoms with Gasteiger partial charge < -0.3 is 9.64 Å². The lowest BCUT2D eigenvalue weighted by atomic mass is 9.63. The molecule has 0 N–H and O–H groups in total. The lowest BCUT2D eigenvalue weighted by molar-refractivity contribution is 0.434. The van der Waals surface area contributed by atoms with Gasteiger partial charge in [0.2, 0.25) is 0 Å². The molecule has 360 valence electrons. The molecule has 0 bridgehead atoms. The third kappa shape index (κ3) is 5.89. The quantitative estimate of drug-likeness (QED) is 0.148. The van der Waals surface area contributed by atoms with Crippen molar-refractivity contribution in [3.8, 4) is 44.9 Å². The standard InChI is InChI=1S/C74H49NOSi/c1-4-23-50(24-5-1)73(51-25-6-2-7-26-51)65-38-17-18-39-67(65)76-68-46-44-55(48-66(68)73)75(54-30-22-29-53(47-54)74(52-27-8-3-9-28-52)63-36-15-10-31-57(63)58-32-11-16-37-64(58)74)56-43-45-62-61-35-14-21-42-71(61)77(72(62)49-56)69-40-19-12-33-59(69)60-34-13-20-41-70(60)77/h1-49H. The van der Waals surface area contributed by atoms with E-state index in [1.807, 2.05) is 0 Å². The number of benzene rings is 12. The molecule has 0 radical (unpaired) electrons. The van der Waals surface area contributed by atoms with Crippen LogP contribution in [0.4, 0.5) is 17.1 Å². The van der Waals surface area contributed by atoms with Crippen molar-refractivity contribution in [3.05, 3.63) is 342 Å². The molecular formula is C74H49NOSi. The van der Waals surface area contributed by atoms with Crippen LogP contribution in [0, 0.1) is 0 Å². The molecule has 2 nitrogen and oxygen atoms in total. The maximum Gasteiger partial charge on any atom is 0.182 e. The fourth-order valence-electron chi connectivity index (χ4n) is 14.6. The first kappa shape index (κ1) is 43.8. The molecule has 77 heavy (non-hydrogen) atoms. The molecule has 12 aromatic rings. The molecule has 0 atom stereocenters. The summed E-state index contributed by atoms with van der Waals surface area (Å²) in [6, 6.07) is 111. The summed E-state index contributed by atoms with van der Waals surface area (Å²) in [7, 11) is -2.82. The van der Waals surface area contributed by atoms with Gasteiger partial charge in [0.1, 0.15) is 11.5 Å².